The number of hydrogen-bond acceptors (Lipinski definition) is 8. The molecule has 4 fully saturated rings. The van der Waals surface area contributed by atoms with Crippen LogP contribution >= 0.6 is 11.6 Å². The van der Waals surface area contributed by atoms with Crippen molar-refractivity contribution in [2.45, 2.75) is 88.3 Å². The monoisotopic (exact) mass is 698 g/mol. The normalized spacial score (nSPS) is 39.0. The molecule has 0 aromatic heterocycles. The van der Waals surface area contributed by atoms with E-state index in [2.05, 4.69) is 21.8 Å². The lowest BCUT2D eigenvalue weighted by atomic mass is 9.34. The molecule has 2 aromatic carbocycles. The fourth-order valence-corrected chi connectivity index (χ4v) is 11.6. The van der Waals surface area contributed by atoms with Crippen molar-refractivity contribution in [3.05, 3.63) is 58.1 Å². The SMILES string of the molecule is C[C@@H]1[C@@H](C)CCC[C@@H](C2OCC(O)CO2)[C@@H]2C3CC2(C3)CN2C[C@@]3(CCCc4cc(Cl)ccc43)COc3ccc(cc32)C(=O)NS1(=O)=O. The van der Waals surface area contributed by atoms with Crippen LogP contribution < -0.4 is 14.4 Å². The quantitative estimate of drug-likeness (QED) is 0.404. The topological polar surface area (TPSA) is 114 Å². The zero-order valence-electron chi connectivity index (χ0n) is 27.8. The molecule has 4 aliphatic carbocycles. The molecule has 9 rings (SSSR count). The van der Waals surface area contributed by atoms with Gasteiger partial charge in [-0.25, -0.2) is 13.1 Å². The maximum absolute atomic E-state index is 13.6. The molecule has 4 bridgehead atoms. The number of hydrogen-bond donors (Lipinski definition) is 2. The molecule has 2 N–H and O–H groups in total. The first-order valence-corrected chi connectivity index (χ1v) is 19.7. The standard InChI is InChI=1S/C37H47ClN2O7S/c1-22-5-3-7-29(35-45-17-28(41)18-46-35)33-26-15-37(33,16-26)20-40-19-36(12-4-6-24-13-27(38)9-10-30(24)36)21-47-32-11-8-25(14-31(32)40)34(42)39-48(43,44)23(22)2/h8-11,13-14,22-23,26,28-29,33,35,41H,3-7,12,15-21H2,1-2H3,(H,39,42)/t22-,23+,26?,28?,29+,33-,35?,36-,37?/m0/s1. The average Bonchev–Trinajstić information content (AvgIpc) is 3.18. The van der Waals surface area contributed by atoms with Crippen LogP contribution in [0.4, 0.5) is 5.69 Å². The molecule has 260 valence electrons. The Balaban J connectivity index is 1.21. The molecule has 3 saturated carbocycles. The van der Waals surface area contributed by atoms with E-state index in [-0.39, 0.29) is 42.2 Å². The Morgan fingerprint density at radius 3 is 2.56 bits per heavy atom. The van der Waals surface area contributed by atoms with Gasteiger partial charge in [-0.2, -0.15) is 0 Å². The molecule has 48 heavy (non-hydrogen) atoms. The van der Waals surface area contributed by atoms with Gasteiger partial charge in [0.25, 0.3) is 5.91 Å². The first kappa shape index (κ1) is 32.8. The van der Waals surface area contributed by atoms with Crippen LogP contribution in [0.25, 0.3) is 0 Å². The van der Waals surface area contributed by atoms with Gasteiger partial charge in [-0.3, -0.25) is 4.79 Å². The lowest BCUT2D eigenvalue weighted by Gasteiger charge is -2.72. The van der Waals surface area contributed by atoms with Crippen LogP contribution in [0.15, 0.2) is 36.4 Å². The number of nitrogens with one attached hydrogen (secondary N) is 1. The van der Waals surface area contributed by atoms with Gasteiger partial charge >= 0.3 is 0 Å². The summed E-state index contributed by atoms with van der Waals surface area (Å²) in [5.74, 6) is 1.09. The second-order valence-electron chi connectivity index (χ2n) is 15.8. The summed E-state index contributed by atoms with van der Waals surface area (Å²) in [6.45, 7) is 6.20. The van der Waals surface area contributed by atoms with Gasteiger partial charge in [0.05, 0.1) is 30.8 Å². The minimum atomic E-state index is -3.92. The molecule has 5 atom stereocenters. The highest BCUT2D eigenvalue weighted by Gasteiger charge is 2.68. The maximum Gasteiger partial charge on any atom is 0.264 e. The number of ether oxygens (including phenoxy) is 3. The molecule has 9 nitrogen and oxygen atoms in total. The minimum Gasteiger partial charge on any atom is -0.490 e. The van der Waals surface area contributed by atoms with E-state index in [1.54, 1.807) is 13.0 Å². The summed E-state index contributed by atoms with van der Waals surface area (Å²) < 4.78 is 48.3. The number of anilines is 1. The van der Waals surface area contributed by atoms with Gasteiger partial charge in [-0.15, -0.1) is 0 Å². The summed E-state index contributed by atoms with van der Waals surface area (Å²) in [5.41, 5.74) is 3.48. The number of halogens is 1. The fourth-order valence-electron chi connectivity index (χ4n) is 10.1. The van der Waals surface area contributed by atoms with Crippen LogP contribution in [0.2, 0.25) is 5.02 Å². The number of fused-ring (bicyclic) bond motifs is 3. The molecule has 2 aromatic rings. The van der Waals surface area contributed by atoms with E-state index in [0.717, 1.165) is 68.7 Å². The summed E-state index contributed by atoms with van der Waals surface area (Å²) >= 11 is 6.47. The lowest BCUT2D eigenvalue weighted by Crippen LogP contribution is -2.70. The largest absolute Gasteiger partial charge is 0.490 e. The van der Waals surface area contributed by atoms with E-state index >= 15 is 0 Å². The highest BCUT2D eigenvalue weighted by atomic mass is 35.5. The summed E-state index contributed by atoms with van der Waals surface area (Å²) in [6.07, 6.45) is 6.65. The number of rotatable bonds is 1. The Morgan fingerprint density at radius 2 is 1.81 bits per heavy atom. The second-order valence-corrected chi connectivity index (χ2v) is 18.2. The van der Waals surface area contributed by atoms with Gasteiger partial charge in [-0.05, 0) is 116 Å². The number of carbonyl (C=O) groups excluding carboxylic acids is 1. The van der Waals surface area contributed by atoms with Crippen LogP contribution in [0, 0.1) is 29.1 Å². The van der Waals surface area contributed by atoms with Gasteiger partial charge < -0.3 is 24.2 Å². The number of carbonyl (C=O) groups is 1. The molecule has 0 unspecified atom stereocenters. The molecule has 7 aliphatic rings. The number of aryl methyl sites for hydroxylation is 1. The molecule has 0 radical (unpaired) electrons. The molecule has 2 spiro atoms. The first-order valence-electron chi connectivity index (χ1n) is 17.7. The van der Waals surface area contributed by atoms with Crippen LogP contribution in [0.3, 0.4) is 0 Å². The summed E-state index contributed by atoms with van der Waals surface area (Å²) in [5, 5.41) is 10.1. The Kier molecular flexibility index (Phi) is 8.30. The van der Waals surface area contributed by atoms with Crippen molar-refractivity contribution in [1.29, 1.82) is 0 Å². The third kappa shape index (κ3) is 5.54. The van der Waals surface area contributed by atoms with Gasteiger partial charge in [0, 0.05) is 35.0 Å². The first-order chi connectivity index (χ1) is 23.0. The Morgan fingerprint density at radius 1 is 1.02 bits per heavy atom. The molecule has 3 aliphatic heterocycles. The maximum atomic E-state index is 13.6. The third-order valence-corrected chi connectivity index (χ3v) is 14.9. The van der Waals surface area contributed by atoms with Crippen molar-refractivity contribution >= 4 is 33.2 Å². The van der Waals surface area contributed by atoms with Crippen LogP contribution in [0.1, 0.15) is 80.3 Å². The van der Waals surface area contributed by atoms with Crippen molar-refractivity contribution in [1.82, 2.24) is 4.72 Å². The summed E-state index contributed by atoms with van der Waals surface area (Å²) in [7, 11) is -3.92. The van der Waals surface area contributed by atoms with Crippen molar-refractivity contribution in [2.24, 2.45) is 29.1 Å². The Labute approximate surface area is 288 Å². The molecular weight excluding hydrogens is 652 g/mol. The van der Waals surface area contributed by atoms with E-state index in [9.17, 15) is 18.3 Å². The molecule has 11 heteroatoms. The Hall–Kier alpha value is -2.37. The molecule has 1 saturated heterocycles. The van der Waals surface area contributed by atoms with Gasteiger partial charge in [0.15, 0.2) is 6.29 Å². The predicted octanol–water partition coefficient (Wildman–Crippen LogP) is 5.46. The van der Waals surface area contributed by atoms with Gasteiger partial charge in [0.2, 0.25) is 10.0 Å². The number of benzene rings is 2. The minimum absolute atomic E-state index is 0.0655. The lowest BCUT2D eigenvalue weighted by molar-refractivity contribution is -0.296. The van der Waals surface area contributed by atoms with Crippen LogP contribution in [-0.2, 0) is 31.3 Å². The van der Waals surface area contributed by atoms with E-state index in [1.165, 1.54) is 11.1 Å². The third-order valence-electron chi connectivity index (χ3n) is 12.8. The van der Waals surface area contributed by atoms with Crippen molar-refractivity contribution in [3.8, 4) is 5.75 Å². The second kappa shape index (κ2) is 12.1. The summed E-state index contributed by atoms with van der Waals surface area (Å²) in [4.78, 5) is 16.0. The van der Waals surface area contributed by atoms with E-state index < -0.39 is 27.3 Å². The smallest absolute Gasteiger partial charge is 0.264 e. The predicted molar refractivity (Wildman–Crippen MR) is 183 cm³/mol. The van der Waals surface area contributed by atoms with Gasteiger partial charge in [0.1, 0.15) is 11.9 Å². The molecule has 3 heterocycles. The van der Waals surface area contributed by atoms with Crippen molar-refractivity contribution < 1.29 is 32.5 Å². The van der Waals surface area contributed by atoms with Crippen LogP contribution in [0.5, 0.6) is 5.75 Å². The Bertz CT molecular complexity index is 1690. The summed E-state index contributed by atoms with van der Waals surface area (Å²) in [6, 6.07) is 11.6. The molecule has 1 amide bonds. The number of amides is 1. The number of sulfonamides is 1. The highest BCUT2D eigenvalue weighted by Crippen LogP contribution is 2.72. The number of aliphatic hydroxyl groups excluding tert-OH is 1. The van der Waals surface area contributed by atoms with Crippen molar-refractivity contribution in [3.63, 3.8) is 0 Å². The zero-order chi connectivity index (χ0) is 33.4. The molecular formula is C37H47ClN2O7S. The van der Waals surface area contributed by atoms with Gasteiger partial charge in [-0.1, -0.05) is 31.0 Å². The fraction of sp³-hybridized carbons (Fsp3) is 0.649. The van der Waals surface area contributed by atoms with E-state index in [0.29, 0.717) is 36.2 Å². The van der Waals surface area contributed by atoms with E-state index in [1.807, 2.05) is 25.1 Å². The van der Waals surface area contributed by atoms with Crippen LogP contribution in [-0.4, -0.2) is 70.0 Å². The van der Waals surface area contributed by atoms with E-state index in [4.69, 9.17) is 25.8 Å². The number of nitrogens with zero attached hydrogens (tertiary/aromatic N) is 1. The highest BCUT2D eigenvalue weighted by molar-refractivity contribution is 7.90. The average molecular weight is 699 g/mol. The van der Waals surface area contributed by atoms with Crippen molar-refractivity contribution in [2.75, 3.05) is 37.8 Å². The number of aliphatic hydroxyl groups is 1. The zero-order valence-corrected chi connectivity index (χ0v) is 29.4.